The minimum atomic E-state index is -0.228. The Morgan fingerprint density at radius 1 is 1.35 bits per heavy atom. The van der Waals surface area contributed by atoms with Crippen molar-refractivity contribution in [1.82, 2.24) is 4.98 Å². The molecule has 2 aromatic rings. The van der Waals surface area contributed by atoms with Crippen LogP contribution < -0.4 is 5.56 Å². The van der Waals surface area contributed by atoms with Gasteiger partial charge in [-0.2, -0.15) is 5.26 Å². The van der Waals surface area contributed by atoms with Crippen molar-refractivity contribution in [3.05, 3.63) is 61.4 Å². The van der Waals surface area contributed by atoms with Crippen LogP contribution in [0.3, 0.4) is 0 Å². The molecule has 1 heterocycles. The smallest absolute Gasteiger partial charge is 0.249 e. The first-order chi connectivity index (χ1) is 9.52. The maximum absolute atomic E-state index is 11.5. The summed E-state index contributed by atoms with van der Waals surface area (Å²) in [4.78, 5) is 14.2. The molecule has 2 rings (SSSR count). The summed E-state index contributed by atoms with van der Waals surface area (Å²) in [7, 11) is 0. The molecule has 1 N–H and O–H groups in total. The van der Waals surface area contributed by atoms with Crippen molar-refractivity contribution in [3.8, 4) is 6.07 Å². The van der Waals surface area contributed by atoms with E-state index in [1.54, 1.807) is 25.1 Å². The zero-order valence-electron chi connectivity index (χ0n) is 10.5. The number of nitriles is 1. The third-order valence-electron chi connectivity index (χ3n) is 2.74. The fourth-order valence-electron chi connectivity index (χ4n) is 1.72. The van der Waals surface area contributed by atoms with Crippen LogP contribution in [-0.2, 0) is 5.75 Å². The van der Waals surface area contributed by atoms with E-state index < -0.39 is 0 Å². The Morgan fingerprint density at radius 3 is 2.60 bits per heavy atom. The first-order valence-corrected chi connectivity index (χ1v) is 7.46. The molecule has 0 unspecified atom stereocenters. The standard InChI is InChI=1S/C14H10Cl2N2OS/c1-8-5-13(19)18-14(9(8)6-17)20-7-10-11(15)3-2-4-12(10)16/h2-5H,7H2,1H3,(H,18,19). The molecule has 0 aliphatic carbocycles. The second-order valence-corrected chi connectivity index (χ2v) is 5.92. The van der Waals surface area contributed by atoms with E-state index in [1.807, 2.05) is 0 Å². The van der Waals surface area contributed by atoms with Gasteiger partial charge in [0.05, 0.1) is 10.6 Å². The van der Waals surface area contributed by atoms with Crippen LogP contribution >= 0.6 is 35.0 Å². The highest BCUT2D eigenvalue weighted by Crippen LogP contribution is 2.32. The number of nitrogens with zero attached hydrogens (tertiary/aromatic N) is 1. The monoisotopic (exact) mass is 324 g/mol. The maximum atomic E-state index is 11.5. The van der Waals surface area contributed by atoms with Crippen LogP contribution in [0.25, 0.3) is 0 Å². The number of thioether (sulfide) groups is 1. The van der Waals surface area contributed by atoms with Crippen LogP contribution in [0.15, 0.2) is 34.1 Å². The average Bonchev–Trinajstić information content (AvgIpc) is 2.37. The van der Waals surface area contributed by atoms with Gasteiger partial charge in [-0.15, -0.1) is 11.8 Å². The third-order valence-corrected chi connectivity index (χ3v) is 4.48. The van der Waals surface area contributed by atoms with Crippen LogP contribution in [0.4, 0.5) is 0 Å². The maximum Gasteiger partial charge on any atom is 0.249 e. The summed E-state index contributed by atoms with van der Waals surface area (Å²) >= 11 is 13.5. The summed E-state index contributed by atoms with van der Waals surface area (Å²) in [5.74, 6) is 0.479. The normalized spacial score (nSPS) is 10.3. The molecule has 0 saturated carbocycles. The van der Waals surface area contributed by atoms with Gasteiger partial charge >= 0.3 is 0 Å². The fraction of sp³-hybridized carbons (Fsp3) is 0.143. The molecule has 6 heteroatoms. The first kappa shape index (κ1) is 15.0. The third kappa shape index (κ3) is 3.18. The van der Waals surface area contributed by atoms with Crippen molar-refractivity contribution in [2.75, 3.05) is 0 Å². The number of benzene rings is 1. The molecule has 0 atom stereocenters. The van der Waals surface area contributed by atoms with Gasteiger partial charge in [0.15, 0.2) is 0 Å². The molecule has 0 aliphatic heterocycles. The van der Waals surface area contributed by atoms with Crippen molar-refractivity contribution in [1.29, 1.82) is 5.26 Å². The molecule has 0 saturated heterocycles. The van der Waals surface area contributed by atoms with Crippen molar-refractivity contribution in [2.24, 2.45) is 0 Å². The molecule has 102 valence electrons. The van der Waals surface area contributed by atoms with Gasteiger partial charge in [-0.25, -0.2) is 0 Å². The van der Waals surface area contributed by atoms with Gasteiger partial charge in [-0.05, 0) is 30.2 Å². The predicted octanol–water partition coefficient (Wildman–Crippen LogP) is 4.15. The van der Waals surface area contributed by atoms with Crippen molar-refractivity contribution in [2.45, 2.75) is 17.7 Å². The summed E-state index contributed by atoms with van der Waals surface area (Å²) in [6.45, 7) is 1.74. The van der Waals surface area contributed by atoms with Gasteiger partial charge in [-0.3, -0.25) is 4.79 Å². The second-order valence-electron chi connectivity index (χ2n) is 4.12. The highest BCUT2D eigenvalue weighted by Gasteiger charge is 2.11. The van der Waals surface area contributed by atoms with Crippen LogP contribution in [-0.4, -0.2) is 4.98 Å². The van der Waals surface area contributed by atoms with Crippen LogP contribution in [0.1, 0.15) is 16.7 Å². The van der Waals surface area contributed by atoms with E-state index in [-0.39, 0.29) is 5.56 Å². The number of hydrogen-bond donors (Lipinski definition) is 1. The van der Waals surface area contributed by atoms with Gasteiger partial charge in [-0.1, -0.05) is 29.3 Å². The van der Waals surface area contributed by atoms with Crippen molar-refractivity contribution in [3.63, 3.8) is 0 Å². The number of halogens is 2. The van der Waals surface area contributed by atoms with E-state index >= 15 is 0 Å². The largest absolute Gasteiger partial charge is 0.316 e. The molecule has 1 aromatic carbocycles. The topological polar surface area (TPSA) is 56.6 Å². The van der Waals surface area contributed by atoms with E-state index in [0.717, 1.165) is 5.56 Å². The number of hydrogen-bond acceptors (Lipinski definition) is 3. The zero-order valence-corrected chi connectivity index (χ0v) is 12.9. The van der Waals surface area contributed by atoms with Gasteiger partial charge in [0.25, 0.3) is 0 Å². The zero-order chi connectivity index (χ0) is 14.7. The minimum absolute atomic E-state index is 0.228. The molecular formula is C14H10Cl2N2OS. The Hall–Kier alpha value is -1.41. The highest BCUT2D eigenvalue weighted by atomic mass is 35.5. The number of H-pyrrole nitrogens is 1. The van der Waals surface area contributed by atoms with E-state index in [0.29, 0.717) is 32.0 Å². The molecule has 0 spiro atoms. The van der Waals surface area contributed by atoms with Gasteiger partial charge in [0.2, 0.25) is 5.56 Å². The lowest BCUT2D eigenvalue weighted by molar-refractivity contribution is 1.04. The predicted molar refractivity (Wildman–Crippen MR) is 82.5 cm³/mol. The number of nitrogens with one attached hydrogen (secondary N) is 1. The molecule has 3 nitrogen and oxygen atoms in total. The number of pyridine rings is 1. The molecule has 0 radical (unpaired) electrons. The molecule has 1 aromatic heterocycles. The van der Waals surface area contributed by atoms with Crippen LogP contribution in [0.2, 0.25) is 10.0 Å². The summed E-state index contributed by atoms with van der Waals surface area (Å²) in [6, 6.07) is 8.79. The van der Waals surface area contributed by atoms with Crippen molar-refractivity contribution < 1.29 is 0 Å². The van der Waals surface area contributed by atoms with E-state index in [2.05, 4.69) is 11.1 Å². The van der Waals surface area contributed by atoms with E-state index in [4.69, 9.17) is 28.5 Å². The molecule has 0 amide bonds. The Balaban J connectivity index is 2.33. The van der Waals surface area contributed by atoms with Gasteiger partial charge < -0.3 is 4.98 Å². The lowest BCUT2D eigenvalue weighted by Crippen LogP contribution is -2.08. The second kappa shape index (κ2) is 6.36. The van der Waals surface area contributed by atoms with Crippen molar-refractivity contribution >= 4 is 35.0 Å². The number of aromatic nitrogens is 1. The average molecular weight is 325 g/mol. The van der Waals surface area contributed by atoms with Crippen LogP contribution in [0, 0.1) is 18.3 Å². The lowest BCUT2D eigenvalue weighted by atomic mass is 10.2. The summed E-state index contributed by atoms with van der Waals surface area (Å²) in [5, 5.41) is 10.8. The van der Waals surface area contributed by atoms with E-state index in [1.165, 1.54) is 17.8 Å². The molecule has 0 aliphatic rings. The molecule has 0 fully saturated rings. The number of aromatic amines is 1. The molecular weight excluding hydrogens is 315 g/mol. The van der Waals surface area contributed by atoms with Gasteiger partial charge in [0, 0.05) is 21.9 Å². The summed E-state index contributed by atoms with van der Waals surface area (Å²) in [5.41, 5.74) is 1.68. The molecule has 0 bridgehead atoms. The van der Waals surface area contributed by atoms with Gasteiger partial charge in [0.1, 0.15) is 6.07 Å². The van der Waals surface area contributed by atoms with E-state index in [9.17, 15) is 4.79 Å². The summed E-state index contributed by atoms with van der Waals surface area (Å²) in [6.07, 6.45) is 0. The minimum Gasteiger partial charge on any atom is -0.316 e. The summed E-state index contributed by atoms with van der Waals surface area (Å²) < 4.78 is 0. The number of aryl methyl sites for hydroxylation is 1. The SMILES string of the molecule is Cc1cc(=O)[nH]c(SCc2c(Cl)cccc2Cl)c1C#N. The first-order valence-electron chi connectivity index (χ1n) is 5.72. The highest BCUT2D eigenvalue weighted by molar-refractivity contribution is 7.98. The lowest BCUT2D eigenvalue weighted by Gasteiger charge is -2.08. The molecule has 20 heavy (non-hydrogen) atoms. The number of rotatable bonds is 3. The Bertz CT molecular complexity index is 730. The fourth-order valence-corrected chi connectivity index (χ4v) is 3.53. The quantitative estimate of drug-likeness (QED) is 0.862. The Morgan fingerprint density at radius 2 is 2.00 bits per heavy atom. The Kier molecular flexibility index (Phi) is 4.77. The Labute approximate surface area is 130 Å². The van der Waals surface area contributed by atoms with Crippen LogP contribution in [0.5, 0.6) is 0 Å².